The summed E-state index contributed by atoms with van der Waals surface area (Å²) in [6, 6.07) is 15.2. The first-order chi connectivity index (χ1) is 13.4. The van der Waals surface area contributed by atoms with Gasteiger partial charge in [-0.3, -0.25) is 4.79 Å². The summed E-state index contributed by atoms with van der Waals surface area (Å²) in [6.07, 6.45) is 0.0672. The SMILES string of the molecule is CCOC(=O)c1c(C)oc(-c2ccc(C)cc2)c1CC(=O)c1ccc(C)cc1. The zero-order chi connectivity index (χ0) is 20.3. The van der Waals surface area contributed by atoms with E-state index in [2.05, 4.69) is 0 Å². The molecule has 28 heavy (non-hydrogen) atoms. The summed E-state index contributed by atoms with van der Waals surface area (Å²) in [4.78, 5) is 25.5. The molecule has 0 amide bonds. The maximum Gasteiger partial charge on any atom is 0.342 e. The highest BCUT2D eigenvalue weighted by atomic mass is 16.5. The van der Waals surface area contributed by atoms with Gasteiger partial charge in [-0.1, -0.05) is 59.7 Å². The molecule has 3 rings (SSSR count). The van der Waals surface area contributed by atoms with E-state index in [1.165, 1.54) is 0 Å². The lowest BCUT2D eigenvalue weighted by atomic mass is 9.96. The first kappa shape index (κ1) is 19.6. The van der Waals surface area contributed by atoms with Crippen molar-refractivity contribution in [3.8, 4) is 11.3 Å². The van der Waals surface area contributed by atoms with Crippen molar-refractivity contribution in [3.63, 3.8) is 0 Å². The normalized spacial score (nSPS) is 10.7. The van der Waals surface area contributed by atoms with Crippen molar-refractivity contribution in [2.24, 2.45) is 0 Å². The Bertz CT molecular complexity index is 992. The molecule has 0 unspecified atom stereocenters. The number of rotatable bonds is 6. The van der Waals surface area contributed by atoms with Crippen molar-refractivity contribution < 1.29 is 18.7 Å². The molecule has 0 radical (unpaired) electrons. The average molecular weight is 376 g/mol. The third kappa shape index (κ3) is 4.06. The number of ether oxygens (including phenoxy) is 1. The molecule has 0 aliphatic heterocycles. The number of hydrogen-bond donors (Lipinski definition) is 0. The summed E-state index contributed by atoms with van der Waals surface area (Å²) in [5.74, 6) is 0.468. The van der Waals surface area contributed by atoms with Gasteiger partial charge < -0.3 is 9.15 Å². The second-order valence-electron chi connectivity index (χ2n) is 6.89. The predicted molar refractivity (Wildman–Crippen MR) is 109 cm³/mol. The van der Waals surface area contributed by atoms with Crippen molar-refractivity contribution in [2.75, 3.05) is 6.61 Å². The van der Waals surface area contributed by atoms with Gasteiger partial charge >= 0.3 is 5.97 Å². The molecule has 0 saturated heterocycles. The monoisotopic (exact) mass is 376 g/mol. The fraction of sp³-hybridized carbons (Fsp3) is 0.250. The fourth-order valence-electron chi connectivity index (χ4n) is 3.17. The van der Waals surface area contributed by atoms with E-state index in [-0.39, 0.29) is 18.8 Å². The van der Waals surface area contributed by atoms with Crippen LogP contribution in [0.5, 0.6) is 0 Å². The number of benzene rings is 2. The first-order valence-corrected chi connectivity index (χ1v) is 9.37. The minimum absolute atomic E-state index is 0.0672. The highest BCUT2D eigenvalue weighted by Gasteiger charge is 2.27. The Kier molecular flexibility index (Phi) is 5.78. The lowest BCUT2D eigenvalue weighted by Crippen LogP contribution is -2.11. The molecule has 0 saturated carbocycles. The van der Waals surface area contributed by atoms with Gasteiger partial charge in [-0.2, -0.15) is 0 Å². The number of ketones is 1. The summed E-state index contributed by atoms with van der Waals surface area (Å²) < 4.78 is 11.2. The molecule has 0 fully saturated rings. The van der Waals surface area contributed by atoms with Crippen LogP contribution in [-0.2, 0) is 11.2 Å². The minimum Gasteiger partial charge on any atom is -0.462 e. The summed E-state index contributed by atoms with van der Waals surface area (Å²) in [6.45, 7) is 7.72. The third-order valence-corrected chi connectivity index (χ3v) is 4.69. The number of esters is 1. The van der Waals surface area contributed by atoms with Crippen LogP contribution >= 0.6 is 0 Å². The Morgan fingerprint density at radius 3 is 2.04 bits per heavy atom. The third-order valence-electron chi connectivity index (χ3n) is 4.69. The molecule has 4 nitrogen and oxygen atoms in total. The number of hydrogen-bond acceptors (Lipinski definition) is 4. The van der Waals surface area contributed by atoms with Crippen molar-refractivity contribution in [1.82, 2.24) is 0 Å². The summed E-state index contributed by atoms with van der Waals surface area (Å²) in [5, 5.41) is 0. The molecule has 1 heterocycles. The second-order valence-corrected chi connectivity index (χ2v) is 6.89. The highest BCUT2D eigenvalue weighted by Crippen LogP contribution is 2.33. The predicted octanol–water partition coefficient (Wildman–Crippen LogP) is 5.47. The molecule has 0 N–H and O–H groups in total. The van der Waals surface area contributed by atoms with Gasteiger partial charge in [0, 0.05) is 23.1 Å². The van der Waals surface area contributed by atoms with Crippen molar-refractivity contribution in [2.45, 2.75) is 34.1 Å². The Morgan fingerprint density at radius 2 is 1.46 bits per heavy atom. The topological polar surface area (TPSA) is 56.5 Å². The van der Waals surface area contributed by atoms with Gasteiger partial charge in [0.05, 0.1) is 6.61 Å². The number of Topliss-reactive ketones (excluding diaryl/α,β-unsaturated/α-hetero) is 1. The molecule has 0 bridgehead atoms. The zero-order valence-electron chi connectivity index (χ0n) is 16.7. The van der Waals surface area contributed by atoms with Gasteiger partial charge in [0.1, 0.15) is 17.1 Å². The van der Waals surface area contributed by atoms with Crippen LogP contribution in [0.2, 0.25) is 0 Å². The molecule has 0 aliphatic rings. The van der Waals surface area contributed by atoms with Gasteiger partial charge in [-0.25, -0.2) is 4.79 Å². The van der Waals surface area contributed by atoms with Crippen LogP contribution in [0.25, 0.3) is 11.3 Å². The zero-order valence-corrected chi connectivity index (χ0v) is 16.7. The molecule has 0 aliphatic carbocycles. The molecular weight excluding hydrogens is 352 g/mol. The molecule has 0 spiro atoms. The molecule has 0 atom stereocenters. The smallest absolute Gasteiger partial charge is 0.342 e. The van der Waals surface area contributed by atoms with Crippen molar-refractivity contribution in [1.29, 1.82) is 0 Å². The fourth-order valence-corrected chi connectivity index (χ4v) is 3.17. The van der Waals surface area contributed by atoms with Gasteiger partial charge in [0.15, 0.2) is 5.78 Å². The minimum atomic E-state index is -0.464. The van der Waals surface area contributed by atoms with E-state index in [1.807, 2.05) is 50.2 Å². The summed E-state index contributed by atoms with van der Waals surface area (Å²) >= 11 is 0. The Labute approximate surface area is 165 Å². The number of carbonyl (C=O) groups excluding carboxylic acids is 2. The molecular formula is C24H24O4. The van der Waals surface area contributed by atoms with Gasteiger partial charge in [0.25, 0.3) is 0 Å². The lowest BCUT2D eigenvalue weighted by Gasteiger charge is -2.07. The summed E-state index contributed by atoms with van der Waals surface area (Å²) in [5.41, 5.74) is 4.56. The van der Waals surface area contributed by atoms with E-state index in [1.54, 1.807) is 26.0 Å². The maximum absolute atomic E-state index is 12.9. The molecule has 1 aromatic heterocycles. The Balaban J connectivity index is 2.07. The van der Waals surface area contributed by atoms with E-state index < -0.39 is 5.97 Å². The Morgan fingerprint density at radius 1 is 0.893 bits per heavy atom. The van der Waals surface area contributed by atoms with Gasteiger partial charge in [0.2, 0.25) is 0 Å². The molecule has 3 aromatic rings. The van der Waals surface area contributed by atoms with Crippen molar-refractivity contribution in [3.05, 3.63) is 82.1 Å². The summed E-state index contributed by atoms with van der Waals surface area (Å²) in [7, 11) is 0. The largest absolute Gasteiger partial charge is 0.462 e. The van der Waals surface area contributed by atoms with Crippen LogP contribution in [0.15, 0.2) is 52.9 Å². The van der Waals surface area contributed by atoms with E-state index in [9.17, 15) is 9.59 Å². The standard InChI is InChI=1S/C24H24O4/c1-5-27-24(26)22-17(4)28-23(19-12-8-16(3)9-13-19)20(22)14-21(25)18-10-6-15(2)7-11-18/h6-13H,5,14H2,1-4H3. The van der Waals surface area contributed by atoms with Gasteiger partial charge in [-0.15, -0.1) is 0 Å². The van der Waals surface area contributed by atoms with E-state index in [4.69, 9.17) is 9.15 Å². The van der Waals surface area contributed by atoms with Crippen molar-refractivity contribution >= 4 is 11.8 Å². The first-order valence-electron chi connectivity index (χ1n) is 9.37. The second kappa shape index (κ2) is 8.26. The molecule has 4 heteroatoms. The molecule has 2 aromatic carbocycles. The highest BCUT2D eigenvalue weighted by molar-refractivity contribution is 6.02. The Hall–Kier alpha value is -3.14. The van der Waals surface area contributed by atoms with E-state index >= 15 is 0 Å². The van der Waals surface area contributed by atoms with E-state index in [0.29, 0.717) is 28.2 Å². The number of carbonyl (C=O) groups is 2. The van der Waals surface area contributed by atoms with Crippen LogP contribution < -0.4 is 0 Å². The number of furan rings is 1. The van der Waals surface area contributed by atoms with Crippen LogP contribution in [-0.4, -0.2) is 18.4 Å². The van der Waals surface area contributed by atoms with Crippen LogP contribution in [0.1, 0.15) is 50.1 Å². The van der Waals surface area contributed by atoms with Gasteiger partial charge in [-0.05, 0) is 27.7 Å². The quantitative estimate of drug-likeness (QED) is 0.423. The van der Waals surface area contributed by atoms with E-state index in [0.717, 1.165) is 16.7 Å². The average Bonchev–Trinajstić information content (AvgIpc) is 2.99. The van der Waals surface area contributed by atoms with Crippen LogP contribution in [0, 0.1) is 20.8 Å². The maximum atomic E-state index is 12.9. The lowest BCUT2D eigenvalue weighted by molar-refractivity contribution is 0.0523. The van der Waals surface area contributed by atoms with Crippen LogP contribution in [0.4, 0.5) is 0 Å². The molecule has 144 valence electrons. The number of aryl methyl sites for hydroxylation is 3. The van der Waals surface area contributed by atoms with Crippen LogP contribution in [0.3, 0.4) is 0 Å².